The second-order valence-electron chi connectivity index (χ2n) is 5.78. The van der Waals surface area contributed by atoms with E-state index in [9.17, 15) is 0 Å². The van der Waals surface area contributed by atoms with Crippen molar-refractivity contribution in [2.45, 2.75) is 58.4 Å². The van der Waals surface area contributed by atoms with Crippen molar-refractivity contribution in [2.24, 2.45) is 5.92 Å². The highest BCUT2D eigenvalue weighted by molar-refractivity contribution is 6.31. The zero-order chi connectivity index (χ0) is 13.7. The fourth-order valence-corrected chi connectivity index (χ4v) is 3.44. The number of rotatable bonds is 5. The van der Waals surface area contributed by atoms with Crippen LogP contribution in [0.5, 0.6) is 0 Å². The maximum atomic E-state index is 6.30. The molecule has 1 nitrogen and oxygen atoms in total. The molecule has 2 heteroatoms. The van der Waals surface area contributed by atoms with Gasteiger partial charge in [0.25, 0.3) is 0 Å². The Morgan fingerprint density at radius 1 is 1.26 bits per heavy atom. The lowest BCUT2D eigenvalue weighted by Gasteiger charge is -2.32. The summed E-state index contributed by atoms with van der Waals surface area (Å²) in [5, 5.41) is 4.66. The Balaban J connectivity index is 2.22. The molecule has 1 unspecified atom stereocenters. The van der Waals surface area contributed by atoms with Crippen molar-refractivity contribution < 1.29 is 0 Å². The lowest BCUT2D eigenvalue weighted by molar-refractivity contribution is 0.271. The van der Waals surface area contributed by atoms with Gasteiger partial charge in [-0.05, 0) is 55.8 Å². The molecule has 1 aromatic carbocycles. The van der Waals surface area contributed by atoms with Crippen LogP contribution in [-0.2, 0) is 0 Å². The molecule has 1 atom stereocenters. The predicted octanol–water partition coefficient (Wildman–Crippen LogP) is 5.27. The smallest absolute Gasteiger partial charge is 0.0438 e. The molecule has 0 saturated heterocycles. The van der Waals surface area contributed by atoms with Crippen molar-refractivity contribution in [3.8, 4) is 0 Å². The molecule has 1 aliphatic carbocycles. The lowest BCUT2D eigenvalue weighted by Crippen LogP contribution is -2.31. The standard InChI is InChI=1S/C17H26ClN/c1-3-12-19-17(14-8-5-4-6-9-14)15-10-7-11-16(18)13(15)2/h7,10-11,14,17,19H,3-6,8-9,12H2,1-2H3. The summed E-state index contributed by atoms with van der Waals surface area (Å²) in [6.45, 7) is 5.48. The summed E-state index contributed by atoms with van der Waals surface area (Å²) in [5.41, 5.74) is 2.66. The summed E-state index contributed by atoms with van der Waals surface area (Å²) < 4.78 is 0. The molecule has 0 amide bonds. The largest absolute Gasteiger partial charge is 0.310 e. The molecular weight excluding hydrogens is 254 g/mol. The zero-order valence-electron chi connectivity index (χ0n) is 12.2. The second-order valence-corrected chi connectivity index (χ2v) is 6.19. The molecule has 1 fully saturated rings. The summed E-state index contributed by atoms with van der Waals surface area (Å²) in [6.07, 6.45) is 8.07. The van der Waals surface area contributed by atoms with Crippen LogP contribution < -0.4 is 5.32 Å². The number of halogens is 1. The van der Waals surface area contributed by atoms with Crippen LogP contribution in [0, 0.1) is 12.8 Å². The molecule has 1 aliphatic rings. The Hall–Kier alpha value is -0.530. The van der Waals surface area contributed by atoms with Crippen molar-refractivity contribution in [2.75, 3.05) is 6.54 Å². The minimum absolute atomic E-state index is 0.485. The molecule has 0 heterocycles. The van der Waals surface area contributed by atoms with E-state index in [1.807, 2.05) is 6.07 Å². The van der Waals surface area contributed by atoms with Gasteiger partial charge >= 0.3 is 0 Å². The first-order valence-corrected chi connectivity index (χ1v) is 8.10. The van der Waals surface area contributed by atoms with Crippen LogP contribution in [0.1, 0.15) is 62.6 Å². The van der Waals surface area contributed by atoms with E-state index in [4.69, 9.17) is 11.6 Å². The normalized spacial score (nSPS) is 18.5. The van der Waals surface area contributed by atoms with Crippen molar-refractivity contribution in [1.29, 1.82) is 0 Å². The maximum Gasteiger partial charge on any atom is 0.0438 e. The minimum Gasteiger partial charge on any atom is -0.310 e. The molecule has 1 N–H and O–H groups in total. The number of hydrogen-bond donors (Lipinski definition) is 1. The van der Waals surface area contributed by atoms with Gasteiger partial charge in [0.05, 0.1) is 0 Å². The van der Waals surface area contributed by atoms with Gasteiger partial charge in [-0.1, -0.05) is 49.9 Å². The van der Waals surface area contributed by atoms with E-state index in [0.29, 0.717) is 6.04 Å². The van der Waals surface area contributed by atoms with Crippen molar-refractivity contribution in [1.82, 2.24) is 5.32 Å². The number of hydrogen-bond acceptors (Lipinski definition) is 1. The molecule has 0 aromatic heterocycles. The van der Waals surface area contributed by atoms with Gasteiger partial charge in [0, 0.05) is 11.1 Å². The maximum absolute atomic E-state index is 6.30. The predicted molar refractivity (Wildman–Crippen MR) is 83.8 cm³/mol. The quantitative estimate of drug-likeness (QED) is 0.774. The van der Waals surface area contributed by atoms with Crippen LogP contribution >= 0.6 is 11.6 Å². The second kappa shape index (κ2) is 7.31. The van der Waals surface area contributed by atoms with Gasteiger partial charge in [-0.3, -0.25) is 0 Å². The molecule has 1 saturated carbocycles. The Morgan fingerprint density at radius 2 is 2.00 bits per heavy atom. The van der Waals surface area contributed by atoms with Crippen LogP contribution in [-0.4, -0.2) is 6.54 Å². The molecule has 2 rings (SSSR count). The minimum atomic E-state index is 0.485. The fraction of sp³-hybridized carbons (Fsp3) is 0.647. The molecule has 19 heavy (non-hydrogen) atoms. The van der Waals surface area contributed by atoms with Crippen molar-refractivity contribution in [3.63, 3.8) is 0 Å². The monoisotopic (exact) mass is 279 g/mol. The highest BCUT2D eigenvalue weighted by Crippen LogP contribution is 2.36. The highest BCUT2D eigenvalue weighted by Gasteiger charge is 2.25. The van der Waals surface area contributed by atoms with Crippen molar-refractivity contribution in [3.05, 3.63) is 34.3 Å². The first kappa shape index (κ1) is 14.9. The van der Waals surface area contributed by atoms with Crippen LogP contribution in [0.2, 0.25) is 5.02 Å². The summed E-state index contributed by atoms with van der Waals surface area (Å²) in [5.74, 6) is 0.775. The third kappa shape index (κ3) is 3.73. The van der Waals surface area contributed by atoms with Gasteiger partial charge in [-0.25, -0.2) is 0 Å². The van der Waals surface area contributed by atoms with E-state index >= 15 is 0 Å². The third-order valence-electron chi connectivity index (χ3n) is 4.38. The van der Waals surface area contributed by atoms with E-state index in [0.717, 1.165) is 17.5 Å². The van der Waals surface area contributed by atoms with Gasteiger partial charge in [-0.2, -0.15) is 0 Å². The SMILES string of the molecule is CCCNC(c1cccc(Cl)c1C)C1CCCCC1. The molecule has 0 bridgehead atoms. The molecule has 1 aromatic rings. The summed E-state index contributed by atoms with van der Waals surface area (Å²) >= 11 is 6.30. The van der Waals surface area contributed by atoms with E-state index in [1.54, 1.807) is 0 Å². The van der Waals surface area contributed by atoms with E-state index in [1.165, 1.54) is 49.7 Å². The molecule has 0 spiro atoms. The summed E-state index contributed by atoms with van der Waals surface area (Å²) in [7, 11) is 0. The molecular formula is C17H26ClN. The topological polar surface area (TPSA) is 12.0 Å². The number of benzene rings is 1. The average Bonchev–Trinajstić information content (AvgIpc) is 2.45. The van der Waals surface area contributed by atoms with Gasteiger partial charge < -0.3 is 5.32 Å². The van der Waals surface area contributed by atoms with Crippen LogP contribution in [0.3, 0.4) is 0 Å². The van der Waals surface area contributed by atoms with Crippen LogP contribution in [0.25, 0.3) is 0 Å². The van der Waals surface area contributed by atoms with E-state index < -0.39 is 0 Å². The van der Waals surface area contributed by atoms with E-state index in [-0.39, 0.29) is 0 Å². The average molecular weight is 280 g/mol. The lowest BCUT2D eigenvalue weighted by atomic mass is 9.80. The summed E-state index contributed by atoms with van der Waals surface area (Å²) in [6, 6.07) is 6.83. The Labute approximate surface area is 122 Å². The summed E-state index contributed by atoms with van der Waals surface area (Å²) in [4.78, 5) is 0. The fourth-order valence-electron chi connectivity index (χ4n) is 3.26. The Kier molecular flexibility index (Phi) is 5.72. The van der Waals surface area contributed by atoms with Gasteiger partial charge in [0.15, 0.2) is 0 Å². The first-order valence-electron chi connectivity index (χ1n) is 7.72. The highest BCUT2D eigenvalue weighted by atomic mass is 35.5. The number of nitrogens with one attached hydrogen (secondary N) is 1. The van der Waals surface area contributed by atoms with Gasteiger partial charge in [-0.15, -0.1) is 0 Å². The Bertz CT molecular complexity index is 396. The van der Waals surface area contributed by atoms with Crippen LogP contribution in [0.4, 0.5) is 0 Å². The third-order valence-corrected chi connectivity index (χ3v) is 4.79. The first-order chi connectivity index (χ1) is 9.24. The van der Waals surface area contributed by atoms with Crippen LogP contribution in [0.15, 0.2) is 18.2 Å². The Morgan fingerprint density at radius 3 is 2.68 bits per heavy atom. The zero-order valence-corrected chi connectivity index (χ0v) is 13.0. The van der Waals surface area contributed by atoms with E-state index in [2.05, 4.69) is 31.3 Å². The molecule has 106 valence electrons. The van der Waals surface area contributed by atoms with Gasteiger partial charge in [0.1, 0.15) is 0 Å². The van der Waals surface area contributed by atoms with Gasteiger partial charge in [0.2, 0.25) is 0 Å². The molecule has 0 radical (unpaired) electrons. The molecule has 0 aliphatic heterocycles. The van der Waals surface area contributed by atoms with Crippen molar-refractivity contribution >= 4 is 11.6 Å².